The summed E-state index contributed by atoms with van der Waals surface area (Å²) in [6.45, 7) is 0.889. The van der Waals surface area contributed by atoms with Gasteiger partial charge in [0, 0.05) is 37.7 Å². The molecule has 1 unspecified atom stereocenters. The van der Waals surface area contributed by atoms with Gasteiger partial charge < -0.3 is 14.2 Å². The Morgan fingerprint density at radius 3 is 2.73 bits per heavy atom. The van der Waals surface area contributed by atoms with Gasteiger partial charge in [-0.15, -0.1) is 0 Å². The SMILES string of the molecule is O=C(c1cccc(F)c1)N(Cc1nccn1Cc1ccccc1C(F)(F)F)CC1CCCO1. The van der Waals surface area contributed by atoms with Crippen LogP contribution >= 0.6 is 0 Å². The predicted molar refractivity (Wildman–Crippen MR) is 113 cm³/mol. The number of alkyl halides is 3. The summed E-state index contributed by atoms with van der Waals surface area (Å²) in [6, 6.07) is 10.8. The van der Waals surface area contributed by atoms with Gasteiger partial charge in [0.05, 0.1) is 18.2 Å². The van der Waals surface area contributed by atoms with Gasteiger partial charge in [-0.2, -0.15) is 13.2 Å². The van der Waals surface area contributed by atoms with E-state index in [-0.39, 0.29) is 36.9 Å². The molecule has 33 heavy (non-hydrogen) atoms. The largest absolute Gasteiger partial charge is 0.416 e. The lowest BCUT2D eigenvalue weighted by Crippen LogP contribution is -2.37. The first kappa shape index (κ1) is 23.0. The van der Waals surface area contributed by atoms with Crippen LogP contribution in [0.15, 0.2) is 60.9 Å². The Morgan fingerprint density at radius 2 is 2.00 bits per heavy atom. The molecule has 1 aliphatic rings. The predicted octanol–water partition coefficient (Wildman–Crippen LogP) is 4.91. The third kappa shape index (κ3) is 5.60. The standard InChI is InChI=1S/C24H23F4N3O2/c25-19-7-3-6-17(13-19)23(32)31(15-20-8-4-12-33-20)16-22-29-10-11-30(22)14-18-5-1-2-9-21(18)24(26,27)28/h1-3,5-7,9-11,13,20H,4,8,12,14-16H2. The normalized spacial score (nSPS) is 16.2. The van der Waals surface area contributed by atoms with Crippen molar-refractivity contribution in [3.8, 4) is 0 Å². The second-order valence-electron chi connectivity index (χ2n) is 7.96. The summed E-state index contributed by atoms with van der Waals surface area (Å²) in [5, 5.41) is 0. The number of carbonyl (C=O) groups excluding carboxylic acids is 1. The van der Waals surface area contributed by atoms with Gasteiger partial charge in [-0.25, -0.2) is 9.37 Å². The fourth-order valence-corrected chi connectivity index (χ4v) is 3.98. The van der Waals surface area contributed by atoms with Gasteiger partial charge >= 0.3 is 6.18 Å². The number of amides is 1. The third-order valence-electron chi connectivity index (χ3n) is 5.60. The van der Waals surface area contributed by atoms with Gasteiger partial charge in [0.25, 0.3) is 5.91 Å². The highest BCUT2D eigenvalue weighted by Crippen LogP contribution is 2.32. The van der Waals surface area contributed by atoms with Crippen molar-refractivity contribution in [2.45, 2.75) is 38.2 Å². The van der Waals surface area contributed by atoms with Gasteiger partial charge in [-0.1, -0.05) is 24.3 Å². The quantitative estimate of drug-likeness (QED) is 0.470. The number of halogens is 4. The number of aromatic nitrogens is 2. The Labute approximate surface area is 188 Å². The fraction of sp³-hybridized carbons (Fsp3) is 0.333. The molecule has 1 aliphatic heterocycles. The van der Waals surface area contributed by atoms with Gasteiger partial charge in [-0.3, -0.25) is 4.79 Å². The summed E-state index contributed by atoms with van der Waals surface area (Å²) >= 11 is 0. The topological polar surface area (TPSA) is 47.4 Å². The average Bonchev–Trinajstić information content (AvgIpc) is 3.45. The van der Waals surface area contributed by atoms with Crippen molar-refractivity contribution in [1.82, 2.24) is 14.5 Å². The molecule has 0 spiro atoms. The zero-order chi connectivity index (χ0) is 23.4. The molecule has 3 aromatic rings. The van der Waals surface area contributed by atoms with Gasteiger partial charge in [0.1, 0.15) is 11.6 Å². The van der Waals surface area contributed by atoms with Crippen LogP contribution in [0.25, 0.3) is 0 Å². The lowest BCUT2D eigenvalue weighted by atomic mass is 10.1. The zero-order valence-electron chi connectivity index (χ0n) is 17.8. The highest BCUT2D eigenvalue weighted by atomic mass is 19.4. The average molecular weight is 461 g/mol. The van der Waals surface area contributed by atoms with E-state index in [0.29, 0.717) is 12.4 Å². The second kappa shape index (κ2) is 9.74. The van der Waals surface area contributed by atoms with E-state index >= 15 is 0 Å². The van der Waals surface area contributed by atoms with Crippen LogP contribution in [0.1, 0.15) is 40.2 Å². The molecule has 1 saturated heterocycles. The Bertz CT molecular complexity index is 1110. The molecule has 1 amide bonds. The maximum absolute atomic E-state index is 13.7. The van der Waals surface area contributed by atoms with Crippen molar-refractivity contribution >= 4 is 5.91 Å². The number of benzene rings is 2. The minimum atomic E-state index is -4.48. The van der Waals surface area contributed by atoms with Crippen LogP contribution in [0.5, 0.6) is 0 Å². The molecule has 174 valence electrons. The molecule has 9 heteroatoms. The van der Waals surface area contributed by atoms with Crippen LogP contribution in [-0.4, -0.2) is 39.6 Å². The van der Waals surface area contributed by atoms with Crippen molar-refractivity contribution in [2.24, 2.45) is 0 Å². The molecule has 2 aromatic carbocycles. The van der Waals surface area contributed by atoms with E-state index in [9.17, 15) is 22.4 Å². The van der Waals surface area contributed by atoms with Crippen LogP contribution in [0.3, 0.4) is 0 Å². The maximum atomic E-state index is 13.7. The smallest absolute Gasteiger partial charge is 0.376 e. The van der Waals surface area contributed by atoms with Crippen LogP contribution in [0.4, 0.5) is 17.6 Å². The first-order chi connectivity index (χ1) is 15.8. The number of hydrogen-bond acceptors (Lipinski definition) is 3. The number of hydrogen-bond donors (Lipinski definition) is 0. The molecule has 5 nitrogen and oxygen atoms in total. The van der Waals surface area contributed by atoms with Gasteiger partial charge in [0.2, 0.25) is 0 Å². The van der Waals surface area contributed by atoms with Crippen LogP contribution in [0.2, 0.25) is 0 Å². The Balaban J connectivity index is 1.59. The molecule has 1 aromatic heterocycles. The first-order valence-electron chi connectivity index (χ1n) is 10.6. The molecular formula is C24H23F4N3O2. The van der Waals surface area contributed by atoms with E-state index in [0.717, 1.165) is 25.0 Å². The molecule has 2 heterocycles. The molecular weight excluding hydrogens is 438 g/mol. The number of ether oxygens (including phenoxy) is 1. The van der Waals surface area contributed by atoms with Crippen LogP contribution in [-0.2, 0) is 24.0 Å². The van der Waals surface area contributed by atoms with Crippen molar-refractivity contribution in [3.05, 3.63) is 89.3 Å². The Morgan fingerprint density at radius 1 is 1.18 bits per heavy atom. The zero-order valence-corrected chi connectivity index (χ0v) is 17.8. The maximum Gasteiger partial charge on any atom is 0.416 e. The summed E-state index contributed by atoms with van der Waals surface area (Å²) in [6.07, 6.45) is 0.116. The number of nitrogens with zero attached hydrogens (tertiary/aromatic N) is 3. The molecule has 0 bridgehead atoms. The fourth-order valence-electron chi connectivity index (χ4n) is 3.98. The monoisotopic (exact) mass is 461 g/mol. The van der Waals surface area contributed by atoms with Crippen molar-refractivity contribution in [2.75, 3.05) is 13.2 Å². The van der Waals surface area contributed by atoms with E-state index < -0.39 is 23.5 Å². The highest BCUT2D eigenvalue weighted by Gasteiger charge is 2.33. The van der Waals surface area contributed by atoms with Crippen molar-refractivity contribution in [1.29, 1.82) is 0 Å². The van der Waals surface area contributed by atoms with E-state index in [1.807, 2.05) is 0 Å². The number of imidazole rings is 1. The van der Waals surface area contributed by atoms with Crippen LogP contribution in [0, 0.1) is 5.82 Å². The molecule has 0 saturated carbocycles. The molecule has 0 radical (unpaired) electrons. The lowest BCUT2D eigenvalue weighted by molar-refractivity contribution is -0.138. The molecule has 1 fully saturated rings. The minimum Gasteiger partial charge on any atom is -0.376 e. The van der Waals surface area contributed by atoms with Crippen molar-refractivity contribution in [3.63, 3.8) is 0 Å². The summed E-state index contributed by atoms with van der Waals surface area (Å²) in [7, 11) is 0. The summed E-state index contributed by atoms with van der Waals surface area (Å²) in [5.41, 5.74) is -0.420. The van der Waals surface area contributed by atoms with Gasteiger partial charge in [0.15, 0.2) is 0 Å². The highest BCUT2D eigenvalue weighted by molar-refractivity contribution is 5.94. The summed E-state index contributed by atoms with van der Waals surface area (Å²) in [5.74, 6) is -0.492. The van der Waals surface area contributed by atoms with E-state index in [1.165, 1.54) is 41.4 Å². The Kier molecular flexibility index (Phi) is 6.78. The summed E-state index contributed by atoms with van der Waals surface area (Å²) < 4.78 is 61.2. The minimum absolute atomic E-state index is 0.0487. The molecule has 1 atom stereocenters. The molecule has 4 rings (SSSR count). The molecule has 0 N–H and O–H groups in total. The van der Waals surface area contributed by atoms with Crippen LogP contribution < -0.4 is 0 Å². The molecule has 0 aliphatic carbocycles. The van der Waals surface area contributed by atoms with E-state index in [2.05, 4.69) is 4.98 Å². The van der Waals surface area contributed by atoms with Crippen molar-refractivity contribution < 1.29 is 27.1 Å². The second-order valence-corrected chi connectivity index (χ2v) is 7.96. The number of carbonyl (C=O) groups is 1. The third-order valence-corrected chi connectivity index (χ3v) is 5.60. The lowest BCUT2D eigenvalue weighted by Gasteiger charge is -2.26. The first-order valence-corrected chi connectivity index (χ1v) is 10.6. The van der Waals surface area contributed by atoms with Gasteiger partial charge in [-0.05, 0) is 42.7 Å². The Hall–Kier alpha value is -3.20. The summed E-state index contributed by atoms with van der Waals surface area (Å²) in [4.78, 5) is 19.0. The van der Waals surface area contributed by atoms with E-state index in [4.69, 9.17) is 4.74 Å². The van der Waals surface area contributed by atoms with E-state index in [1.54, 1.807) is 16.8 Å². The number of rotatable bonds is 7.